The average Bonchev–Trinajstić information content (AvgIpc) is 3.64. The number of nitrogens with one attached hydrogen (secondary N) is 2. The number of anilines is 1. The van der Waals surface area contributed by atoms with Crippen LogP contribution in [0.25, 0.3) is 0 Å². The van der Waals surface area contributed by atoms with Crippen molar-refractivity contribution in [2.24, 2.45) is 5.92 Å². The molecule has 0 spiro atoms. The van der Waals surface area contributed by atoms with Crippen LogP contribution in [-0.2, 0) is 13.0 Å². The fourth-order valence-corrected chi connectivity index (χ4v) is 4.70. The second-order valence-electron chi connectivity index (χ2n) is 10.2. The summed E-state index contributed by atoms with van der Waals surface area (Å²) in [6.45, 7) is 3.65. The minimum absolute atomic E-state index is 0.0475. The number of piperazine rings is 1. The van der Waals surface area contributed by atoms with E-state index in [1.54, 1.807) is 17.2 Å². The first-order valence-electron chi connectivity index (χ1n) is 13.4. The molecule has 0 atom stereocenters. The summed E-state index contributed by atoms with van der Waals surface area (Å²) < 4.78 is 19.9. The van der Waals surface area contributed by atoms with Gasteiger partial charge in [0.25, 0.3) is 5.91 Å². The van der Waals surface area contributed by atoms with Gasteiger partial charge < -0.3 is 20.0 Å². The van der Waals surface area contributed by atoms with Crippen LogP contribution in [0.3, 0.4) is 0 Å². The lowest BCUT2D eigenvalue weighted by molar-refractivity contribution is 0.0627. The highest BCUT2D eigenvalue weighted by Crippen LogP contribution is 2.27. The third kappa shape index (κ3) is 7.32. The largest absolute Gasteiger partial charge is 0.469 e. The molecule has 2 aromatic carbocycles. The third-order valence-electron chi connectivity index (χ3n) is 7.21. The molecule has 0 radical (unpaired) electrons. The van der Waals surface area contributed by atoms with Gasteiger partial charge in [0, 0.05) is 63.2 Å². The summed E-state index contributed by atoms with van der Waals surface area (Å²) in [4.78, 5) is 41.6. The molecule has 0 bridgehead atoms. The van der Waals surface area contributed by atoms with E-state index in [1.165, 1.54) is 12.1 Å². The van der Waals surface area contributed by atoms with Gasteiger partial charge in [0.1, 0.15) is 11.6 Å². The number of hydrogen-bond donors (Lipinski definition) is 2. The maximum absolute atomic E-state index is 14.6. The van der Waals surface area contributed by atoms with E-state index in [-0.39, 0.29) is 22.9 Å². The quantitative estimate of drug-likeness (QED) is 0.369. The molecular formula is C30H33FN4O4. The molecule has 8 nitrogen and oxygen atoms in total. The van der Waals surface area contributed by atoms with Crippen molar-refractivity contribution in [3.63, 3.8) is 0 Å². The lowest BCUT2D eigenvalue weighted by Gasteiger charge is -2.35. The van der Waals surface area contributed by atoms with Crippen molar-refractivity contribution in [2.75, 3.05) is 38.0 Å². The average molecular weight is 533 g/mol. The summed E-state index contributed by atoms with van der Waals surface area (Å²) in [6.07, 6.45) is 4.80. The summed E-state index contributed by atoms with van der Waals surface area (Å²) in [5, 5.41) is 5.24. The van der Waals surface area contributed by atoms with Gasteiger partial charge in [0.05, 0.1) is 12.0 Å². The number of rotatable bonds is 10. The molecule has 204 valence electrons. The number of halogens is 1. The fourth-order valence-electron chi connectivity index (χ4n) is 4.70. The monoisotopic (exact) mass is 532 g/mol. The summed E-state index contributed by atoms with van der Waals surface area (Å²) in [5.74, 6) is 0.533. The molecule has 0 unspecified atom stereocenters. The highest BCUT2D eigenvalue weighted by Gasteiger charge is 2.24. The Kier molecular flexibility index (Phi) is 8.36. The van der Waals surface area contributed by atoms with Gasteiger partial charge in [-0.05, 0) is 60.7 Å². The molecular weight excluding hydrogens is 499 g/mol. The molecule has 3 aromatic rings. The minimum Gasteiger partial charge on any atom is -0.469 e. The van der Waals surface area contributed by atoms with Crippen molar-refractivity contribution in [3.8, 4) is 0 Å². The number of carbonyl (C=O) groups is 3. The number of Topliss-reactive ketones (excluding diaryl/α,β-unsaturated/α-hetero) is 1. The van der Waals surface area contributed by atoms with Gasteiger partial charge in [-0.3, -0.25) is 14.5 Å². The highest BCUT2D eigenvalue weighted by atomic mass is 19.1. The van der Waals surface area contributed by atoms with Gasteiger partial charge in [-0.15, -0.1) is 0 Å². The zero-order valence-electron chi connectivity index (χ0n) is 21.8. The Bertz CT molecular complexity index is 1310. The van der Waals surface area contributed by atoms with E-state index >= 15 is 0 Å². The summed E-state index contributed by atoms with van der Waals surface area (Å²) >= 11 is 0. The van der Waals surface area contributed by atoms with Gasteiger partial charge >= 0.3 is 6.03 Å². The molecule has 1 aromatic heterocycles. The molecule has 2 heterocycles. The number of benzene rings is 2. The number of ketones is 1. The van der Waals surface area contributed by atoms with Crippen molar-refractivity contribution >= 4 is 23.4 Å². The van der Waals surface area contributed by atoms with Crippen LogP contribution in [0.2, 0.25) is 0 Å². The van der Waals surface area contributed by atoms with Crippen LogP contribution in [0.5, 0.6) is 0 Å². The summed E-state index contributed by atoms with van der Waals surface area (Å²) in [6, 6.07) is 15.1. The zero-order valence-corrected chi connectivity index (χ0v) is 21.8. The van der Waals surface area contributed by atoms with Crippen molar-refractivity contribution in [2.45, 2.75) is 32.2 Å². The molecule has 5 rings (SSSR count). The topological polar surface area (TPSA) is 94.9 Å². The Labute approximate surface area is 227 Å². The SMILES string of the molecule is O=C(NCC1CC1)Nc1ccc(C(=O)N2CCN(Cc3cccc(C(=O)CCc4ccco4)c3)CC2)cc1F. The maximum atomic E-state index is 14.6. The number of hydrogen-bond acceptors (Lipinski definition) is 5. The Morgan fingerprint density at radius 1 is 0.949 bits per heavy atom. The molecule has 39 heavy (non-hydrogen) atoms. The molecule has 3 amide bonds. The van der Waals surface area contributed by atoms with Gasteiger partial charge in [-0.1, -0.05) is 18.2 Å². The number of nitrogens with zero attached hydrogens (tertiary/aromatic N) is 2. The number of amides is 3. The second-order valence-corrected chi connectivity index (χ2v) is 10.2. The number of aryl methyl sites for hydroxylation is 1. The Balaban J connectivity index is 1.09. The Morgan fingerprint density at radius 2 is 1.77 bits per heavy atom. The van der Waals surface area contributed by atoms with Gasteiger partial charge in [0.15, 0.2) is 5.78 Å². The number of urea groups is 1. The Hall–Kier alpha value is -3.98. The maximum Gasteiger partial charge on any atom is 0.319 e. The normalized spacial score (nSPS) is 15.7. The molecule has 1 aliphatic heterocycles. The molecule has 2 aliphatic rings. The van der Waals surface area contributed by atoms with Crippen LogP contribution in [0.4, 0.5) is 14.9 Å². The zero-order chi connectivity index (χ0) is 27.2. The van der Waals surface area contributed by atoms with Crippen LogP contribution in [0.15, 0.2) is 65.3 Å². The number of carbonyl (C=O) groups excluding carboxylic acids is 3. The standard InChI is InChI=1S/C30H33FN4O4/c31-26-18-24(8-10-27(26)33-30(38)32-19-21-6-7-21)29(37)35-14-12-34(13-15-35)20-22-3-1-4-23(17-22)28(36)11-9-25-5-2-16-39-25/h1-5,8,10,16-18,21H,6-7,9,11-15,19-20H2,(H2,32,33,38). The van der Waals surface area contributed by atoms with E-state index in [9.17, 15) is 18.8 Å². The van der Waals surface area contributed by atoms with E-state index in [2.05, 4.69) is 15.5 Å². The van der Waals surface area contributed by atoms with Crippen LogP contribution in [-0.4, -0.2) is 60.2 Å². The lowest BCUT2D eigenvalue weighted by atomic mass is 10.0. The van der Waals surface area contributed by atoms with Crippen LogP contribution >= 0.6 is 0 Å². The highest BCUT2D eigenvalue weighted by molar-refractivity contribution is 5.96. The first kappa shape index (κ1) is 26.6. The first-order chi connectivity index (χ1) is 18.9. The van der Waals surface area contributed by atoms with E-state index < -0.39 is 11.8 Å². The summed E-state index contributed by atoms with van der Waals surface area (Å²) in [7, 11) is 0. The van der Waals surface area contributed by atoms with Crippen LogP contribution in [0.1, 0.15) is 51.3 Å². The lowest BCUT2D eigenvalue weighted by Crippen LogP contribution is -2.48. The molecule has 1 saturated heterocycles. The van der Waals surface area contributed by atoms with Gasteiger partial charge in [-0.2, -0.15) is 0 Å². The number of furan rings is 1. The molecule has 2 N–H and O–H groups in total. The van der Waals surface area contributed by atoms with Crippen molar-refractivity contribution in [1.29, 1.82) is 0 Å². The molecule has 2 fully saturated rings. The smallest absolute Gasteiger partial charge is 0.319 e. The van der Waals surface area contributed by atoms with Crippen molar-refractivity contribution in [1.82, 2.24) is 15.1 Å². The third-order valence-corrected chi connectivity index (χ3v) is 7.21. The van der Waals surface area contributed by atoms with Crippen molar-refractivity contribution in [3.05, 3.63) is 89.1 Å². The van der Waals surface area contributed by atoms with E-state index in [1.807, 2.05) is 36.4 Å². The van der Waals surface area contributed by atoms with E-state index in [0.717, 1.165) is 24.2 Å². The van der Waals surface area contributed by atoms with E-state index in [0.29, 0.717) is 63.6 Å². The molecule has 1 saturated carbocycles. The first-order valence-corrected chi connectivity index (χ1v) is 13.4. The predicted octanol–water partition coefficient (Wildman–Crippen LogP) is 4.72. The minimum atomic E-state index is -0.639. The van der Waals surface area contributed by atoms with E-state index in [4.69, 9.17) is 4.42 Å². The van der Waals surface area contributed by atoms with Crippen LogP contribution in [0, 0.1) is 11.7 Å². The predicted molar refractivity (Wildman–Crippen MR) is 145 cm³/mol. The fraction of sp³-hybridized carbons (Fsp3) is 0.367. The molecule has 9 heteroatoms. The summed E-state index contributed by atoms with van der Waals surface area (Å²) in [5.41, 5.74) is 2.04. The van der Waals surface area contributed by atoms with Gasteiger partial charge in [-0.25, -0.2) is 9.18 Å². The second kappa shape index (κ2) is 12.3. The van der Waals surface area contributed by atoms with Crippen LogP contribution < -0.4 is 10.6 Å². The Morgan fingerprint density at radius 3 is 2.49 bits per heavy atom. The molecule has 1 aliphatic carbocycles. The van der Waals surface area contributed by atoms with Crippen molar-refractivity contribution < 1.29 is 23.2 Å². The van der Waals surface area contributed by atoms with Gasteiger partial charge in [0.2, 0.25) is 0 Å².